The predicted molar refractivity (Wildman–Crippen MR) is 134 cm³/mol. The van der Waals surface area contributed by atoms with Crippen molar-refractivity contribution in [3.8, 4) is 26.6 Å². The van der Waals surface area contributed by atoms with Crippen molar-refractivity contribution in [2.75, 3.05) is 11.0 Å². The molecule has 33 heavy (non-hydrogen) atoms. The lowest BCUT2D eigenvalue weighted by atomic mass is 9.95. The van der Waals surface area contributed by atoms with Crippen LogP contribution < -0.4 is 4.72 Å². The van der Waals surface area contributed by atoms with Gasteiger partial charge < -0.3 is 5.11 Å². The van der Waals surface area contributed by atoms with E-state index in [2.05, 4.69) is 27.2 Å². The fraction of sp³-hybridized carbons (Fsp3) is 0.217. The standard InChI is InChI=1S/C23H23N3O4S3/c1-14-12-16(25-33(3,29)30)4-5-17(14)23-18(13-31-20(23)7-9-22(27)28)19-6-8-21(32-19)26-11-10-24-15(26)2/h4-6,8,10-13,25H,7,9H2,1-3H3,(H,27,28). The summed E-state index contributed by atoms with van der Waals surface area (Å²) in [5.41, 5.74) is 4.40. The lowest BCUT2D eigenvalue weighted by molar-refractivity contribution is -0.136. The average Bonchev–Trinajstić information content (AvgIpc) is 3.44. The van der Waals surface area contributed by atoms with Crippen molar-refractivity contribution in [2.24, 2.45) is 0 Å². The highest BCUT2D eigenvalue weighted by atomic mass is 32.2. The number of aryl methyl sites for hydroxylation is 3. The molecular weight excluding hydrogens is 478 g/mol. The largest absolute Gasteiger partial charge is 0.481 e. The Labute approximate surface area is 200 Å². The van der Waals surface area contributed by atoms with E-state index in [4.69, 9.17) is 0 Å². The molecule has 4 rings (SSSR count). The molecule has 0 aliphatic rings. The molecule has 7 nitrogen and oxygen atoms in total. The van der Waals surface area contributed by atoms with E-state index < -0.39 is 16.0 Å². The minimum Gasteiger partial charge on any atom is -0.481 e. The number of carboxylic acids is 1. The molecule has 4 aromatic rings. The van der Waals surface area contributed by atoms with E-state index in [1.165, 1.54) is 0 Å². The lowest BCUT2D eigenvalue weighted by Crippen LogP contribution is -2.09. The van der Waals surface area contributed by atoms with Crippen LogP contribution in [0.5, 0.6) is 0 Å². The van der Waals surface area contributed by atoms with Gasteiger partial charge in [-0.3, -0.25) is 14.1 Å². The maximum absolute atomic E-state index is 11.6. The van der Waals surface area contributed by atoms with Gasteiger partial charge in [0, 0.05) is 44.3 Å². The van der Waals surface area contributed by atoms with Crippen molar-refractivity contribution in [1.82, 2.24) is 9.55 Å². The van der Waals surface area contributed by atoms with Gasteiger partial charge in [0.05, 0.1) is 12.7 Å². The van der Waals surface area contributed by atoms with Gasteiger partial charge in [0.1, 0.15) is 10.8 Å². The Bertz CT molecular complexity index is 1430. The maximum atomic E-state index is 11.6. The summed E-state index contributed by atoms with van der Waals surface area (Å²) < 4.78 is 27.8. The van der Waals surface area contributed by atoms with Crippen LogP contribution in [0.15, 0.2) is 48.1 Å². The third kappa shape index (κ3) is 5.18. The molecule has 0 aliphatic carbocycles. The normalized spacial score (nSPS) is 11.6. The van der Waals surface area contributed by atoms with Gasteiger partial charge in [-0.1, -0.05) is 6.07 Å². The Morgan fingerprint density at radius 3 is 2.61 bits per heavy atom. The van der Waals surface area contributed by atoms with Crippen molar-refractivity contribution < 1.29 is 18.3 Å². The van der Waals surface area contributed by atoms with Crippen LogP contribution in [0.4, 0.5) is 5.69 Å². The number of imidazole rings is 1. The van der Waals surface area contributed by atoms with E-state index in [1.807, 2.05) is 30.7 Å². The van der Waals surface area contributed by atoms with E-state index in [0.717, 1.165) is 49.1 Å². The molecule has 10 heteroatoms. The molecule has 3 heterocycles. The summed E-state index contributed by atoms with van der Waals surface area (Å²) in [7, 11) is -3.38. The quantitative estimate of drug-likeness (QED) is 0.340. The van der Waals surface area contributed by atoms with Crippen molar-refractivity contribution in [1.29, 1.82) is 0 Å². The second-order valence-corrected chi connectivity index (χ2v) is 11.5. The second-order valence-electron chi connectivity index (χ2n) is 7.73. The summed E-state index contributed by atoms with van der Waals surface area (Å²) in [6.07, 6.45) is 5.29. The van der Waals surface area contributed by atoms with Gasteiger partial charge >= 0.3 is 5.97 Å². The van der Waals surface area contributed by atoms with Crippen molar-refractivity contribution in [2.45, 2.75) is 26.7 Å². The number of rotatable bonds is 8. The number of sulfonamides is 1. The first kappa shape index (κ1) is 23.2. The molecule has 0 atom stereocenters. The first-order valence-corrected chi connectivity index (χ1v) is 13.7. The molecule has 0 spiro atoms. The summed E-state index contributed by atoms with van der Waals surface area (Å²) in [6, 6.07) is 9.56. The topological polar surface area (TPSA) is 101 Å². The van der Waals surface area contributed by atoms with Crippen LogP contribution in [-0.2, 0) is 21.2 Å². The fourth-order valence-corrected chi connectivity index (χ4v) is 6.47. The summed E-state index contributed by atoms with van der Waals surface area (Å²) in [5.74, 6) is 0.0650. The van der Waals surface area contributed by atoms with Crippen LogP contribution in [0.2, 0.25) is 0 Å². The molecule has 0 unspecified atom stereocenters. The van der Waals surface area contributed by atoms with Gasteiger partial charge in [0.25, 0.3) is 0 Å². The zero-order valence-corrected chi connectivity index (χ0v) is 20.8. The van der Waals surface area contributed by atoms with Gasteiger partial charge in [-0.2, -0.15) is 0 Å². The minimum absolute atomic E-state index is 0.0453. The lowest BCUT2D eigenvalue weighted by Gasteiger charge is -2.13. The number of aromatic nitrogens is 2. The number of benzene rings is 1. The van der Waals surface area contributed by atoms with Gasteiger partial charge in [-0.05, 0) is 55.7 Å². The number of aliphatic carboxylic acids is 1. The number of thiophene rings is 2. The van der Waals surface area contributed by atoms with Crippen LogP contribution in [0, 0.1) is 13.8 Å². The molecule has 3 aromatic heterocycles. The molecule has 0 fully saturated rings. The molecule has 0 radical (unpaired) electrons. The van der Waals surface area contributed by atoms with E-state index in [-0.39, 0.29) is 6.42 Å². The van der Waals surface area contributed by atoms with Gasteiger partial charge in [-0.25, -0.2) is 13.4 Å². The Morgan fingerprint density at radius 2 is 1.97 bits per heavy atom. The monoisotopic (exact) mass is 501 g/mol. The first-order chi connectivity index (χ1) is 15.6. The number of anilines is 1. The molecule has 0 aliphatic heterocycles. The van der Waals surface area contributed by atoms with Crippen LogP contribution >= 0.6 is 22.7 Å². The van der Waals surface area contributed by atoms with Gasteiger partial charge in [0.2, 0.25) is 10.0 Å². The highest BCUT2D eigenvalue weighted by Gasteiger charge is 2.20. The summed E-state index contributed by atoms with van der Waals surface area (Å²) in [6.45, 7) is 3.88. The zero-order chi connectivity index (χ0) is 23.8. The smallest absolute Gasteiger partial charge is 0.303 e. The molecule has 0 bridgehead atoms. The number of nitrogens with one attached hydrogen (secondary N) is 1. The molecule has 1 aromatic carbocycles. The minimum atomic E-state index is -3.38. The van der Waals surface area contributed by atoms with Crippen LogP contribution in [0.1, 0.15) is 22.7 Å². The number of nitrogens with zero attached hydrogens (tertiary/aromatic N) is 2. The van der Waals surface area contributed by atoms with Crippen molar-refractivity contribution >= 4 is 44.4 Å². The van der Waals surface area contributed by atoms with Crippen molar-refractivity contribution in [3.63, 3.8) is 0 Å². The third-order valence-corrected chi connectivity index (χ3v) is 7.92. The maximum Gasteiger partial charge on any atom is 0.303 e. The SMILES string of the molecule is Cc1cc(NS(C)(=O)=O)ccc1-c1c(-c2ccc(-n3ccnc3C)s2)csc1CCC(=O)O. The van der Waals surface area contributed by atoms with E-state index >= 15 is 0 Å². The predicted octanol–water partition coefficient (Wildman–Crippen LogP) is 5.33. The first-order valence-electron chi connectivity index (χ1n) is 10.1. The molecule has 0 amide bonds. The van der Waals surface area contributed by atoms with Crippen molar-refractivity contribution in [3.05, 3.63) is 64.4 Å². The number of carbonyl (C=O) groups is 1. The number of carboxylic acid groups (broad SMARTS) is 1. The van der Waals surface area contributed by atoms with Crippen LogP contribution in [-0.4, -0.2) is 35.3 Å². The summed E-state index contributed by atoms with van der Waals surface area (Å²) in [5, 5.41) is 12.4. The van der Waals surface area contributed by atoms with Crippen LogP contribution in [0.25, 0.3) is 26.6 Å². The Morgan fingerprint density at radius 1 is 1.18 bits per heavy atom. The third-order valence-electron chi connectivity index (χ3n) is 5.15. The molecule has 0 saturated heterocycles. The number of hydrogen-bond donors (Lipinski definition) is 2. The molecule has 0 saturated carbocycles. The Hall–Kier alpha value is -2.95. The number of hydrogen-bond acceptors (Lipinski definition) is 6. The zero-order valence-electron chi connectivity index (χ0n) is 18.3. The molecular formula is C23H23N3O4S3. The fourth-order valence-electron chi connectivity index (χ4n) is 3.71. The van der Waals surface area contributed by atoms with Gasteiger partial charge in [-0.15, -0.1) is 22.7 Å². The Balaban J connectivity index is 1.80. The van der Waals surface area contributed by atoms with Gasteiger partial charge in [0.15, 0.2) is 0 Å². The average molecular weight is 502 g/mol. The highest BCUT2D eigenvalue weighted by molar-refractivity contribution is 7.92. The van der Waals surface area contributed by atoms with E-state index in [9.17, 15) is 18.3 Å². The molecule has 172 valence electrons. The van der Waals surface area contributed by atoms with E-state index in [0.29, 0.717) is 12.1 Å². The van der Waals surface area contributed by atoms with Crippen LogP contribution in [0.3, 0.4) is 0 Å². The molecule has 2 N–H and O–H groups in total. The second kappa shape index (κ2) is 9.12. The Kier molecular flexibility index (Phi) is 6.42. The summed E-state index contributed by atoms with van der Waals surface area (Å²) in [4.78, 5) is 17.6. The highest BCUT2D eigenvalue weighted by Crippen LogP contribution is 2.44. The van der Waals surface area contributed by atoms with E-state index in [1.54, 1.807) is 41.0 Å². The summed E-state index contributed by atoms with van der Waals surface area (Å²) >= 11 is 3.20.